The van der Waals surface area contributed by atoms with Crippen molar-refractivity contribution in [2.24, 2.45) is 0 Å². The minimum Gasteiger partial charge on any atom is -0.376 e. The predicted molar refractivity (Wildman–Crippen MR) is 86.3 cm³/mol. The first kappa shape index (κ1) is 14.5. The minimum absolute atomic E-state index is 0.323. The van der Waals surface area contributed by atoms with E-state index in [9.17, 15) is 0 Å². The topological polar surface area (TPSA) is 51.4 Å². The van der Waals surface area contributed by atoms with Gasteiger partial charge < -0.3 is 10.5 Å². The number of rotatable bonds is 5. The lowest BCUT2D eigenvalue weighted by atomic mass is 10.1. The molecule has 1 atom stereocenters. The van der Waals surface area contributed by atoms with Gasteiger partial charge in [0.25, 0.3) is 0 Å². The number of ether oxygens (including phenoxy) is 1. The Morgan fingerprint density at radius 3 is 2.95 bits per heavy atom. The van der Waals surface area contributed by atoms with Gasteiger partial charge in [-0.15, -0.1) is 11.3 Å². The standard InChI is InChI=1S/C16H21N3OS/c17-16-18-10-15(21-16)12-19-8-9-20-14(11-19)7-6-13-4-2-1-3-5-13/h1-5,10,14H,6-9,11-12H2,(H2,17,18). The van der Waals surface area contributed by atoms with Crippen molar-refractivity contribution in [3.8, 4) is 0 Å². The van der Waals surface area contributed by atoms with E-state index in [1.807, 2.05) is 6.20 Å². The average molecular weight is 303 g/mol. The van der Waals surface area contributed by atoms with E-state index in [4.69, 9.17) is 10.5 Å². The van der Waals surface area contributed by atoms with Crippen LogP contribution in [0.5, 0.6) is 0 Å². The zero-order valence-corrected chi connectivity index (χ0v) is 12.9. The highest BCUT2D eigenvalue weighted by atomic mass is 32.1. The third kappa shape index (κ3) is 4.27. The van der Waals surface area contributed by atoms with Crippen molar-refractivity contribution in [2.45, 2.75) is 25.5 Å². The number of hydrogen-bond acceptors (Lipinski definition) is 5. The maximum Gasteiger partial charge on any atom is 0.180 e. The molecule has 2 N–H and O–H groups in total. The molecule has 5 heteroatoms. The summed E-state index contributed by atoms with van der Waals surface area (Å²) in [6, 6.07) is 10.6. The lowest BCUT2D eigenvalue weighted by Gasteiger charge is -2.32. The quantitative estimate of drug-likeness (QED) is 0.922. The third-order valence-electron chi connectivity index (χ3n) is 3.77. The largest absolute Gasteiger partial charge is 0.376 e. The number of aromatic nitrogens is 1. The maximum atomic E-state index is 5.89. The van der Waals surface area contributed by atoms with Gasteiger partial charge in [0.1, 0.15) is 0 Å². The molecule has 1 aliphatic heterocycles. The van der Waals surface area contributed by atoms with Gasteiger partial charge >= 0.3 is 0 Å². The molecule has 0 aliphatic carbocycles. The second kappa shape index (κ2) is 7.02. The number of nitrogens with zero attached hydrogens (tertiary/aromatic N) is 2. The predicted octanol–water partition coefficient (Wildman–Crippen LogP) is 2.56. The van der Waals surface area contributed by atoms with Gasteiger partial charge in [-0.3, -0.25) is 4.90 Å². The van der Waals surface area contributed by atoms with Crippen LogP contribution in [0.25, 0.3) is 0 Å². The van der Waals surface area contributed by atoms with Crippen LogP contribution in [-0.2, 0) is 17.7 Å². The molecule has 1 unspecified atom stereocenters. The summed E-state index contributed by atoms with van der Waals surface area (Å²) in [6.45, 7) is 3.72. The molecule has 0 saturated carbocycles. The molecule has 21 heavy (non-hydrogen) atoms. The van der Waals surface area contributed by atoms with E-state index >= 15 is 0 Å². The first-order chi connectivity index (χ1) is 10.3. The molecule has 112 valence electrons. The second-order valence-corrected chi connectivity index (χ2v) is 6.56. The fraction of sp³-hybridized carbons (Fsp3) is 0.438. The number of nitrogen functional groups attached to an aromatic ring is 1. The van der Waals surface area contributed by atoms with E-state index < -0.39 is 0 Å². The molecule has 1 aromatic carbocycles. The summed E-state index contributed by atoms with van der Waals surface area (Å²) in [6.07, 6.45) is 4.36. The first-order valence-corrected chi connectivity index (χ1v) is 8.19. The van der Waals surface area contributed by atoms with Crippen molar-refractivity contribution in [1.82, 2.24) is 9.88 Å². The molecule has 2 heterocycles. The Hall–Kier alpha value is -1.43. The zero-order valence-electron chi connectivity index (χ0n) is 12.1. The fourth-order valence-corrected chi connectivity index (χ4v) is 3.41. The molecule has 4 nitrogen and oxygen atoms in total. The van der Waals surface area contributed by atoms with Crippen LogP contribution in [0.3, 0.4) is 0 Å². The van der Waals surface area contributed by atoms with Gasteiger partial charge in [-0.25, -0.2) is 4.98 Å². The van der Waals surface area contributed by atoms with Gasteiger partial charge in [0, 0.05) is 30.7 Å². The lowest BCUT2D eigenvalue weighted by Crippen LogP contribution is -2.41. The van der Waals surface area contributed by atoms with Crippen molar-refractivity contribution in [2.75, 3.05) is 25.4 Å². The van der Waals surface area contributed by atoms with Gasteiger partial charge in [-0.05, 0) is 18.4 Å². The number of hydrogen-bond donors (Lipinski definition) is 1. The Morgan fingerprint density at radius 2 is 2.19 bits per heavy atom. The molecular formula is C16H21N3OS. The number of thiazole rings is 1. The second-order valence-electron chi connectivity index (χ2n) is 5.42. The summed E-state index contributed by atoms with van der Waals surface area (Å²) in [5.74, 6) is 0. The van der Waals surface area contributed by atoms with E-state index in [0.717, 1.165) is 39.1 Å². The molecule has 0 bridgehead atoms. The van der Waals surface area contributed by atoms with Crippen LogP contribution in [0.15, 0.2) is 36.5 Å². The van der Waals surface area contributed by atoms with Crippen LogP contribution < -0.4 is 5.73 Å². The van der Waals surface area contributed by atoms with Gasteiger partial charge in [-0.2, -0.15) is 0 Å². The molecule has 1 saturated heterocycles. The fourth-order valence-electron chi connectivity index (χ4n) is 2.69. The molecular weight excluding hydrogens is 282 g/mol. The summed E-state index contributed by atoms with van der Waals surface area (Å²) in [5.41, 5.74) is 7.07. The monoisotopic (exact) mass is 303 g/mol. The molecule has 0 radical (unpaired) electrons. The van der Waals surface area contributed by atoms with Crippen molar-refractivity contribution in [3.63, 3.8) is 0 Å². The Labute approximate surface area is 129 Å². The van der Waals surface area contributed by atoms with Crippen LogP contribution in [-0.4, -0.2) is 35.7 Å². The number of aryl methyl sites for hydroxylation is 1. The van der Waals surface area contributed by atoms with Crippen molar-refractivity contribution in [3.05, 3.63) is 47.0 Å². The van der Waals surface area contributed by atoms with Crippen LogP contribution in [0.1, 0.15) is 16.9 Å². The van der Waals surface area contributed by atoms with E-state index in [2.05, 4.69) is 40.2 Å². The molecule has 0 spiro atoms. The normalized spacial score (nSPS) is 19.7. The summed E-state index contributed by atoms with van der Waals surface area (Å²) in [5, 5.41) is 0.652. The highest BCUT2D eigenvalue weighted by Gasteiger charge is 2.20. The smallest absolute Gasteiger partial charge is 0.180 e. The van der Waals surface area contributed by atoms with E-state index in [1.165, 1.54) is 10.4 Å². The Balaban J connectivity index is 1.49. The van der Waals surface area contributed by atoms with Crippen molar-refractivity contribution in [1.29, 1.82) is 0 Å². The lowest BCUT2D eigenvalue weighted by molar-refractivity contribution is -0.0342. The number of nitrogens with two attached hydrogens (primary N) is 1. The van der Waals surface area contributed by atoms with Crippen LogP contribution >= 0.6 is 11.3 Å². The summed E-state index contributed by atoms with van der Waals surface area (Å²) < 4.78 is 5.89. The Kier molecular flexibility index (Phi) is 4.85. The van der Waals surface area contributed by atoms with Gasteiger partial charge in [0.05, 0.1) is 12.7 Å². The molecule has 1 aliphatic rings. The minimum atomic E-state index is 0.323. The number of anilines is 1. The van der Waals surface area contributed by atoms with Gasteiger partial charge in [0.15, 0.2) is 5.13 Å². The van der Waals surface area contributed by atoms with Crippen LogP contribution in [0.4, 0.5) is 5.13 Å². The number of benzene rings is 1. The van der Waals surface area contributed by atoms with Crippen molar-refractivity contribution < 1.29 is 4.74 Å². The average Bonchev–Trinajstić information content (AvgIpc) is 2.92. The van der Waals surface area contributed by atoms with Gasteiger partial charge in [-0.1, -0.05) is 30.3 Å². The molecule has 0 amide bonds. The SMILES string of the molecule is Nc1ncc(CN2CCOC(CCc3ccccc3)C2)s1. The van der Waals surface area contributed by atoms with Crippen molar-refractivity contribution >= 4 is 16.5 Å². The van der Waals surface area contributed by atoms with Crippen LogP contribution in [0.2, 0.25) is 0 Å². The maximum absolute atomic E-state index is 5.89. The molecule has 1 aromatic heterocycles. The Bertz CT molecular complexity index is 558. The van der Waals surface area contributed by atoms with E-state index in [0.29, 0.717) is 11.2 Å². The highest BCUT2D eigenvalue weighted by Crippen LogP contribution is 2.19. The molecule has 1 fully saturated rings. The summed E-state index contributed by atoms with van der Waals surface area (Å²) in [4.78, 5) is 7.78. The zero-order chi connectivity index (χ0) is 14.5. The van der Waals surface area contributed by atoms with E-state index in [1.54, 1.807) is 11.3 Å². The van der Waals surface area contributed by atoms with Crippen LogP contribution in [0, 0.1) is 0 Å². The van der Waals surface area contributed by atoms with E-state index in [-0.39, 0.29) is 0 Å². The summed E-state index contributed by atoms with van der Waals surface area (Å²) in [7, 11) is 0. The molecule has 2 aromatic rings. The Morgan fingerprint density at radius 1 is 1.33 bits per heavy atom. The highest BCUT2D eigenvalue weighted by molar-refractivity contribution is 7.15. The molecule has 3 rings (SSSR count). The first-order valence-electron chi connectivity index (χ1n) is 7.37. The third-order valence-corrected chi connectivity index (χ3v) is 4.58. The number of morpholine rings is 1. The summed E-state index contributed by atoms with van der Waals surface area (Å²) >= 11 is 1.58. The van der Waals surface area contributed by atoms with Gasteiger partial charge in [0.2, 0.25) is 0 Å².